The van der Waals surface area contributed by atoms with Crippen LogP contribution in [0.1, 0.15) is 35.5 Å². The molecule has 1 atom stereocenters. The van der Waals surface area contributed by atoms with E-state index < -0.39 is 0 Å². The molecule has 5 nitrogen and oxygen atoms in total. The molecule has 2 aromatic rings. The molecule has 94 valence electrons. The molecule has 1 N–H and O–H groups in total. The van der Waals surface area contributed by atoms with Gasteiger partial charge in [0.1, 0.15) is 4.60 Å². The van der Waals surface area contributed by atoms with Crippen molar-refractivity contribution in [2.24, 2.45) is 0 Å². The van der Waals surface area contributed by atoms with Crippen molar-refractivity contribution in [3.63, 3.8) is 0 Å². The van der Waals surface area contributed by atoms with Crippen LogP contribution >= 0.6 is 15.9 Å². The Hall–Kier alpha value is -1.69. The van der Waals surface area contributed by atoms with Gasteiger partial charge in [0.2, 0.25) is 0 Å². The van der Waals surface area contributed by atoms with E-state index in [1.54, 1.807) is 30.6 Å². The van der Waals surface area contributed by atoms with E-state index in [-0.39, 0.29) is 11.9 Å². The van der Waals surface area contributed by atoms with Gasteiger partial charge >= 0.3 is 0 Å². The van der Waals surface area contributed by atoms with Gasteiger partial charge in [-0.2, -0.15) is 0 Å². The largest absolute Gasteiger partial charge is 0.358 e. The van der Waals surface area contributed by atoms with Gasteiger partial charge in [-0.3, -0.25) is 9.78 Å². The Balaban J connectivity index is 2.10. The fourth-order valence-corrected chi connectivity index (χ4v) is 1.85. The molecule has 0 saturated heterocycles. The Bertz CT molecular complexity index is 527. The first-order valence-corrected chi connectivity index (χ1v) is 6.33. The van der Waals surface area contributed by atoms with Gasteiger partial charge in [0.05, 0.1) is 6.04 Å². The summed E-state index contributed by atoms with van der Waals surface area (Å²) in [7, 11) is 0. The number of aromatic nitrogens is 2. The maximum absolute atomic E-state index is 12.0. The van der Waals surface area contributed by atoms with Gasteiger partial charge in [0.25, 0.3) is 5.91 Å². The molecule has 0 spiro atoms. The molecular weight excluding hydrogens is 298 g/mol. The summed E-state index contributed by atoms with van der Waals surface area (Å²) in [4.78, 5) is 15.9. The quantitative estimate of drug-likeness (QED) is 0.943. The third kappa shape index (κ3) is 2.95. The highest BCUT2D eigenvalue weighted by molar-refractivity contribution is 9.10. The number of hydrogen-bond acceptors (Lipinski definition) is 4. The monoisotopic (exact) mass is 309 g/mol. The van der Waals surface area contributed by atoms with E-state index in [9.17, 15) is 4.79 Å². The van der Waals surface area contributed by atoms with Gasteiger partial charge in [0, 0.05) is 24.0 Å². The lowest BCUT2D eigenvalue weighted by Crippen LogP contribution is -2.27. The van der Waals surface area contributed by atoms with Crippen molar-refractivity contribution < 1.29 is 9.32 Å². The second-order valence-corrected chi connectivity index (χ2v) is 4.53. The van der Waals surface area contributed by atoms with Crippen LogP contribution in [-0.2, 0) is 0 Å². The lowest BCUT2D eigenvalue weighted by atomic mass is 10.1. The zero-order valence-electron chi connectivity index (χ0n) is 9.76. The maximum atomic E-state index is 12.0. The molecule has 0 aliphatic carbocycles. The minimum Gasteiger partial charge on any atom is -0.358 e. The topological polar surface area (TPSA) is 68.0 Å². The summed E-state index contributed by atoms with van der Waals surface area (Å²) in [6, 6.07) is 4.89. The third-order valence-electron chi connectivity index (χ3n) is 2.50. The molecule has 2 heterocycles. The predicted molar refractivity (Wildman–Crippen MR) is 68.9 cm³/mol. The van der Waals surface area contributed by atoms with E-state index in [1.807, 2.05) is 6.92 Å². The Morgan fingerprint density at radius 1 is 1.50 bits per heavy atom. The molecule has 0 fully saturated rings. The van der Waals surface area contributed by atoms with E-state index >= 15 is 0 Å². The summed E-state index contributed by atoms with van der Waals surface area (Å²) in [5.41, 5.74) is 0.571. The fraction of sp³-hybridized carbons (Fsp3) is 0.250. The molecule has 0 aliphatic rings. The molecule has 6 heteroatoms. The van der Waals surface area contributed by atoms with Crippen LogP contribution in [0.3, 0.4) is 0 Å². The molecule has 0 aliphatic heterocycles. The van der Waals surface area contributed by atoms with Crippen LogP contribution in [0.5, 0.6) is 0 Å². The van der Waals surface area contributed by atoms with E-state index in [1.165, 1.54) is 0 Å². The second-order valence-electron chi connectivity index (χ2n) is 3.72. The highest BCUT2D eigenvalue weighted by Gasteiger charge is 2.18. The second kappa shape index (κ2) is 5.77. The zero-order valence-corrected chi connectivity index (χ0v) is 11.3. The Morgan fingerprint density at radius 2 is 2.22 bits per heavy atom. The van der Waals surface area contributed by atoms with Gasteiger partial charge in [-0.05, 0) is 34.5 Å². The number of nitrogens with zero attached hydrogens (tertiary/aromatic N) is 2. The molecule has 1 amide bonds. The van der Waals surface area contributed by atoms with Crippen LogP contribution in [-0.4, -0.2) is 16.0 Å². The average Bonchev–Trinajstić information content (AvgIpc) is 2.83. The molecule has 0 aromatic carbocycles. The van der Waals surface area contributed by atoms with Crippen molar-refractivity contribution in [2.45, 2.75) is 19.4 Å². The van der Waals surface area contributed by atoms with Crippen molar-refractivity contribution in [3.05, 3.63) is 46.5 Å². The highest BCUT2D eigenvalue weighted by Crippen LogP contribution is 2.20. The standard InChI is InChI=1S/C12H12BrN3O2/c1-2-9(10-7-11(13)16-18-10)15-12(17)8-3-5-14-6-4-8/h3-7,9H,2H2,1H3,(H,15,17)/t9-/m0/s1. The molecule has 0 bridgehead atoms. The van der Waals surface area contributed by atoms with Crippen LogP contribution in [0.4, 0.5) is 0 Å². The summed E-state index contributed by atoms with van der Waals surface area (Å²) in [6.45, 7) is 1.97. The smallest absolute Gasteiger partial charge is 0.251 e. The Morgan fingerprint density at radius 3 is 2.78 bits per heavy atom. The molecule has 18 heavy (non-hydrogen) atoms. The van der Waals surface area contributed by atoms with Crippen LogP contribution in [0, 0.1) is 0 Å². The van der Waals surface area contributed by atoms with Crippen molar-refractivity contribution in [1.82, 2.24) is 15.5 Å². The van der Waals surface area contributed by atoms with E-state index in [2.05, 4.69) is 31.4 Å². The first kappa shape index (κ1) is 12.8. The number of nitrogens with one attached hydrogen (secondary N) is 1. The van der Waals surface area contributed by atoms with Crippen LogP contribution in [0.2, 0.25) is 0 Å². The SMILES string of the molecule is CC[C@H](NC(=O)c1ccncc1)c1cc(Br)no1. The first-order chi connectivity index (χ1) is 8.70. The van der Waals surface area contributed by atoms with E-state index in [4.69, 9.17) is 4.52 Å². The molecule has 0 unspecified atom stereocenters. The lowest BCUT2D eigenvalue weighted by molar-refractivity contribution is 0.0928. The number of amides is 1. The number of rotatable bonds is 4. The highest BCUT2D eigenvalue weighted by atomic mass is 79.9. The number of halogens is 1. The lowest BCUT2D eigenvalue weighted by Gasteiger charge is -2.13. The number of hydrogen-bond donors (Lipinski definition) is 1. The molecule has 0 radical (unpaired) electrons. The number of carbonyl (C=O) groups is 1. The summed E-state index contributed by atoms with van der Waals surface area (Å²) in [6.07, 6.45) is 3.89. The fourth-order valence-electron chi connectivity index (χ4n) is 1.55. The first-order valence-electron chi connectivity index (χ1n) is 5.53. The normalized spacial score (nSPS) is 12.1. The van der Waals surface area contributed by atoms with Crippen molar-refractivity contribution >= 4 is 21.8 Å². The number of carbonyl (C=O) groups excluding carboxylic acids is 1. The Labute approximate surface area is 113 Å². The molecular formula is C12H12BrN3O2. The minimum absolute atomic E-state index is 0.156. The number of pyridine rings is 1. The van der Waals surface area contributed by atoms with Gasteiger partial charge in [-0.1, -0.05) is 12.1 Å². The van der Waals surface area contributed by atoms with E-state index in [0.717, 1.165) is 6.42 Å². The van der Waals surface area contributed by atoms with Crippen LogP contribution in [0.15, 0.2) is 39.7 Å². The zero-order chi connectivity index (χ0) is 13.0. The van der Waals surface area contributed by atoms with Crippen molar-refractivity contribution in [1.29, 1.82) is 0 Å². The predicted octanol–water partition coefficient (Wildman–Crippen LogP) is 2.71. The summed E-state index contributed by atoms with van der Waals surface area (Å²) in [5, 5.41) is 6.64. The van der Waals surface area contributed by atoms with Gasteiger partial charge in [0.15, 0.2) is 5.76 Å². The van der Waals surface area contributed by atoms with Crippen molar-refractivity contribution in [3.8, 4) is 0 Å². The van der Waals surface area contributed by atoms with Crippen LogP contribution < -0.4 is 5.32 Å². The van der Waals surface area contributed by atoms with Gasteiger partial charge < -0.3 is 9.84 Å². The average molecular weight is 310 g/mol. The van der Waals surface area contributed by atoms with E-state index in [0.29, 0.717) is 15.9 Å². The third-order valence-corrected chi connectivity index (χ3v) is 2.87. The summed E-state index contributed by atoms with van der Waals surface area (Å²) in [5.74, 6) is 0.476. The summed E-state index contributed by atoms with van der Waals surface area (Å²) >= 11 is 3.21. The van der Waals surface area contributed by atoms with Crippen molar-refractivity contribution in [2.75, 3.05) is 0 Å². The maximum Gasteiger partial charge on any atom is 0.251 e. The Kier molecular flexibility index (Phi) is 4.09. The molecule has 2 rings (SSSR count). The molecule has 0 saturated carbocycles. The van der Waals surface area contributed by atoms with Crippen LogP contribution in [0.25, 0.3) is 0 Å². The summed E-state index contributed by atoms with van der Waals surface area (Å²) < 4.78 is 5.75. The van der Waals surface area contributed by atoms with Gasteiger partial charge in [-0.25, -0.2) is 0 Å². The minimum atomic E-state index is -0.190. The van der Waals surface area contributed by atoms with Gasteiger partial charge in [-0.15, -0.1) is 0 Å². The molecule has 2 aromatic heterocycles.